The third-order valence-corrected chi connectivity index (χ3v) is 6.64. The number of rotatable bonds is 7. The summed E-state index contributed by atoms with van der Waals surface area (Å²) in [6, 6.07) is 21.1. The van der Waals surface area contributed by atoms with Crippen LogP contribution in [0, 0.1) is 0 Å². The number of amides is 1. The highest BCUT2D eigenvalue weighted by atomic mass is 79.9. The van der Waals surface area contributed by atoms with E-state index < -0.39 is 22.5 Å². The summed E-state index contributed by atoms with van der Waals surface area (Å²) in [5.41, 5.74) is 3.54. The van der Waals surface area contributed by atoms with Gasteiger partial charge in [0.05, 0.1) is 16.3 Å². The zero-order valence-corrected chi connectivity index (χ0v) is 19.0. The fourth-order valence-electron chi connectivity index (χ4n) is 2.82. The van der Waals surface area contributed by atoms with Crippen molar-refractivity contribution in [3.05, 3.63) is 88.9 Å². The van der Waals surface area contributed by atoms with Crippen molar-refractivity contribution in [3.8, 4) is 5.75 Å². The van der Waals surface area contributed by atoms with Crippen LogP contribution in [-0.4, -0.2) is 31.7 Å². The molecule has 0 aliphatic heterocycles. The van der Waals surface area contributed by atoms with Gasteiger partial charge in [-0.15, -0.1) is 0 Å². The summed E-state index contributed by atoms with van der Waals surface area (Å²) in [5.74, 6) is -0.602. The van der Waals surface area contributed by atoms with Crippen LogP contribution in [0.2, 0.25) is 0 Å². The number of anilines is 1. The number of hydrazone groups is 1. The van der Waals surface area contributed by atoms with Crippen LogP contribution in [0.3, 0.4) is 0 Å². The normalized spacial score (nSPS) is 11.7. The smallest absolute Gasteiger partial charge is 0.264 e. The van der Waals surface area contributed by atoms with Gasteiger partial charge in [0.1, 0.15) is 12.3 Å². The van der Waals surface area contributed by atoms with E-state index in [2.05, 4.69) is 26.5 Å². The van der Waals surface area contributed by atoms with E-state index >= 15 is 0 Å². The maximum atomic E-state index is 13.2. The second-order valence-electron chi connectivity index (χ2n) is 6.55. The number of halogens is 1. The monoisotopic (exact) mass is 501 g/mol. The van der Waals surface area contributed by atoms with Crippen LogP contribution in [-0.2, 0) is 14.8 Å². The van der Waals surface area contributed by atoms with E-state index in [-0.39, 0.29) is 10.6 Å². The van der Waals surface area contributed by atoms with Gasteiger partial charge in [-0.05, 0) is 49.4 Å². The molecule has 2 N–H and O–H groups in total. The number of phenols is 1. The number of sulfonamides is 1. The number of para-hydroxylation sites is 1. The van der Waals surface area contributed by atoms with Gasteiger partial charge in [-0.3, -0.25) is 9.10 Å². The molecule has 0 saturated carbocycles. The molecular weight excluding hydrogens is 482 g/mol. The van der Waals surface area contributed by atoms with Crippen molar-refractivity contribution in [2.24, 2.45) is 5.10 Å². The molecule has 0 atom stereocenters. The predicted octanol–water partition coefficient (Wildman–Crippen LogP) is 3.89. The van der Waals surface area contributed by atoms with Crippen LogP contribution in [0.25, 0.3) is 0 Å². The van der Waals surface area contributed by atoms with Crippen molar-refractivity contribution in [2.45, 2.75) is 11.8 Å². The SMILES string of the molecule is C/C(=N/NC(=O)CN(c1cccc(Br)c1)S(=O)(=O)c1ccccc1)c1ccccc1O. The van der Waals surface area contributed by atoms with Crippen LogP contribution in [0.15, 0.2) is 93.3 Å². The van der Waals surface area contributed by atoms with E-state index in [4.69, 9.17) is 0 Å². The lowest BCUT2D eigenvalue weighted by Crippen LogP contribution is -2.39. The molecule has 0 bridgehead atoms. The van der Waals surface area contributed by atoms with Gasteiger partial charge in [-0.2, -0.15) is 5.10 Å². The molecule has 9 heteroatoms. The lowest BCUT2D eigenvalue weighted by atomic mass is 10.1. The van der Waals surface area contributed by atoms with E-state index in [1.807, 2.05) is 0 Å². The maximum Gasteiger partial charge on any atom is 0.264 e. The van der Waals surface area contributed by atoms with Crippen molar-refractivity contribution >= 4 is 43.3 Å². The summed E-state index contributed by atoms with van der Waals surface area (Å²) >= 11 is 3.33. The van der Waals surface area contributed by atoms with Gasteiger partial charge in [0.2, 0.25) is 0 Å². The summed E-state index contributed by atoms with van der Waals surface area (Å²) in [6.45, 7) is 1.15. The third-order valence-electron chi connectivity index (χ3n) is 4.36. The molecule has 160 valence electrons. The molecular formula is C22H20BrN3O4S. The molecule has 0 fully saturated rings. The molecule has 7 nitrogen and oxygen atoms in total. The minimum absolute atomic E-state index is 0.0282. The second kappa shape index (κ2) is 9.76. The Kier molecular flexibility index (Phi) is 7.09. The molecule has 0 spiro atoms. The fraction of sp³-hybridized carbons (Fsp3) is 0.0909. The van der Waals surface area contributed by atoms with Crippen molar-refractivity contribution in [1.29, 1.82) is 0 Å². The lowest BCUT2D eigenvalue weighted by molar-refractivity contribution is -0.119. The minimum atomic E-state index is -4.00. The standard InChI is InChI=1S/C22H20BrN3O4S/c1-16(20-12-5-6-13-21(20)27)24-25-22(28)15-26(18-9-7-8-17(23)14-18)31(29,30)19-10-3-2-4-11-19/h2-14,27H,15H2,1H3,(H,25,28)/b24-16-. The van der Waals surface area contributed by atoms with E-state index in [1.165, 1.54) is 18.2 Å². The number of nitrogens with zero attached hydrogens (tertiary/aromatic N) is 2. The summed E-state index contributed by atoms with van der Waals surface area (Å²) in [7, 11) is -4.00. The Morgan fingerprint density at radius 2 is 1.71 bits per heavy atom. The van der Waals surface area contributed by atoms with Gasteiger partial charge in [0.15, 0.2) is 0 Å². The molecule has 0 aliphatic carbocycles. The Labute approximate surface area is 189 Å². The van der Waals surface area contributed by atoms with Gasteiger partial charge in [0.25, 0.3) is 15.9 Å². The molecule has 3 aromatic carbocycles. The van der Waals surface area contributed by atoms with E-state index in [1.54, 1.807) is 67.6 Å². The summed E-state index contributed by atoms with van der Waals surface area (Å²) in [5, 5.41) is 13.9. The highest BCUT2D eigenvalue weighted by Gasteiger charge is 2.27. The number of aromatic hydroxyl groups is 1. The Bertz CT molecular complexity index is 1210. The van der Waals surface area contributed by atoms with Crippen LogP contribution < -0.4 is 9.73 Å². The average Bonchev–Trinajstić information content (AvgIpc) is 2.76. The lowest BCUT2D eigenvalue weighted by Gasteiger charge is -2.24. The van der Waals surface area contributed by atoms with Crippen molar-refractivity contribution in [2.75, 3.05) is 10.8 Å². The zero-order chi connectivity index (χ0) is 22.4. The van der Waals surface area contributed by atoms with Crippen molar-refractivity contribution in [1.82, 2.24) is 5.43 Å². The highest BCUT2D eigenvalue weighted by molar-refractivity contribution is 9.10. The van der Waals surface area contributed by atoms with Crippen LogP contribution in [0.4, 0.5) is 5.69 Å². The quantitative estimate of drug-likeness (QED) is 0.378. The molecule has 0 heterocycles. The Morgan fingerprint density at radius 3 is 2.39 bits per heavy atom. The number of benzene rings is 3. The van der Waals surface area contributed by atoms with E-state index in [9.17, 15) is 18.3 Å². The first kappa shape index (κ1) is 22.5. The molecule has 0 unspecified atom stereocenters. The summed E-state index contributed by atoms with van der Waals surface area (Å²) < 4.78 is 28.2. The first-order valence-electron chi connectivity index (χ1n) is 9.24. The summed E-state index contributed by atoms with van der Waals surface area (Å²) in [4.78, 5) is 12.7. The highest BCUT2D eigenvalue weighted by Crippen LogP contribution is 2.26. The van der Waals surface area contributed by atoms with Gasteiger partial charge >= 0.3 is 0 Å². The number of carbonyl (C=O) groups is 1. The predicted molar refractivity (Wildman–Crippen MR) is 124 cm³/mol. The minimum Gasteiger partial charge on any atom is -0.507 e. The number of hydrogen-bond acceptors (Lipinski definition) is 5. The molecule has 3 aromatic rings. The van der Waals surface area contributed by atoms with E-state index in [0.717, 1.165) is 4.31 Å². The molecule has 1 amide bonds. The van der Waals surface area contributed by atoms with Crippen LogP contribution in [0.1, 0.15) is 12.5 Å². The zero-order valence-electron chi connectivity index (χ0n) is 16.6. The number of hydrogen-bond donors (Lipinski definition) is 2. The number of phenolic OH excluding ortho intramolecular Hbond substituents is 1. The third kappa shape index (κ3) is 5.50. The topological polar surface area (TPSA) is 99.1 Å². The van der Waals surface area contributed by atoms with Crippen LogP contribution >= 0.6 is 15.9 Å². The second-order valence-corrected chi connectivity index (χ2v) is 9.33. The van der Waals surface area contributed by atoms with Crippen LogP contribution in [0.5, 0.6) is 5.75 Å². The fourth-order valence-corrected chi connectivity index (χ4v) is 4.64. The molecule has 0 radical (unpaired) electrons. The maximum absolute atomic E-state index is 13.2. The molecule has 31 heavy (non-hydrogen) atoms. The molecule has 0 aliphatic rings. The number of carbonyl (C=O) groups excluding carboxylic acids is 1. The Morgan fingerprint density at radius 1 is 1.03 bits per heavy atom. The Hall–Kier alpha value is -3.17. The van der Waals surface area contributed by atoms with Crippen molar-refractivity contribution < 1.29 is 18.3 Å². The van der Waals surface area contributed by atoms with E-state index in [0.29, 0.717) is 21.4 Å². The molecule has 0 aromatic heterocycles. The first-order valence-corrected chi connectivity index (χ1v) is 11.5. The van der Waals surface area contributed by atoms with Crippen molar-refractivity contribution in [3.63, 3.8) is 0 Å². The largest absolute Gasteiger partial charge is 0.507 e. The first-order chi connectivity index (χ1) is 14.8. The number of nitrogens with one attached hydrogen (secondary N) is 1. The molecule has 0 saturated heterocycles. The van der Waals surface area contributed by atoms with Gasteiger partial charge in [-0.1, -0.05) is 52.3 Å². The van der Waals surface area contributed by atoms with Gasteiger partial charge < -0.3 is 5.11 Å². The summed E-state index contributed by atoms with van der Waals surface area (Å²) in [6.07, 6.45) is 0. The average molecular weight is 502 g/mol. The Balaban J connectivity index is 1.88. The van der Waals surface area contributed by atoms with Gasteiger partial charge in [0, 0.05) is 10.0 Å². The van der Waals surface area contributed by atoms with Gasteiger partial charge in [-0.25, -0.2) is 13.8 Å². The molecule has 3 rings (SSSR count).